The zero-order valence-electron chi connectivity index (χ0n) is 13.3. The summed E-state index contributed by atoms with van der Waals surface area (Å²) in [5.41, 5.74) is 2.01. The van der Waals surface area contributed by atoms with E-state index in [1.165, 1.54) is 32.1 Å². The normalized spacial score (nSPS) is 22.0. The number of nitrogens with one attached hydrogen (secondary N) is 2. The molecule has 1 aromatic carbocycles. The smallest absolute Gasteiger partial charge is 0.238 e. The Hall–Kier alpha value is -1.35. The lowest BCUT2D eigenvalue weighted by atomic mass is 9.81. The van der Waals surface area contributed by atoms with Crippen molar-refractivity contribution in [2.24, 2.45) is 11.8 Å². The Balaban J connectivity index is 1.60. The summed E-state index contributed by atoms with van der Waals surface area (Å²) in [7, 11) is 0. The molecule has 0 unspecified atom stereocenters. The minimum atomic E-state index is 0.0431. The number of rotatable bonds is 6. The first kappa shape index (κ1) is 16.0. The van der Waals surface area contributed by atoms with Gasteiger partial charge in [-0.15, -0.1) is 0 Å². The number of aryl methyl sites for hydroxylation is 1. The lowest BCUT2D eigenvalue weighted by Gasteiger charge is -2.26. The molecule has 1 fully saturated rings. The van der Waals surface area contributed by atoms with Crippen LogP contribution in [0.5, 0.6) is 0 Å². The highest BCUT2D eigenvalue weighted by molar-refractivity contribution is 5.92. The monoisotopic (exact) mass is 288 g/mol. The van der Waals surface area contributed by atoms with Crippen molar-refractivity contribution in [1.29, 1.82) is 0 Å². The highest BCUT2D eigenvalue weighted by atomic mass is 16.1. The predicted octanol–water partition coefficient (Wildman–Crippen LogP) is 3.74. The van der Waals surface area contributed by atoms with Gasteiger partial charge in [0.15, 0.2) is 0 Å². The molecule has 1 aliphatic rings. The highest BCUT2D eigenvalue weighted by Gasteiger charge is 2.17. The summed E-state index contributed by atoms with van der Waals surface area (Å²) in [5, 5.41) is 6.22. The van der Waals surface area contributed by atoms with Crippen LogP contribution in [-0.4, -0.2) is 19.0 Å². The molecule has 1 amide bonds. The number of amides is 1. The molecule has 0 radical (unpaired) electrons. The Labute approximate surface area is 128 Å². The number of hydrogen-bond donors (Lipinski definition) is 2. The van der Waals surface area contributed by atoms with Crippen LogP contribution in [0.1, 0.15) is 44.6 Å². The number of carbonyl (C=O) groups is 1. The number of anilines is 1. The lowest BCUT2D eigenvalue weighted by Crippen LogP contribution is -2.30. The van der Waals surface area contributed by atoms with Crippen LogP contribution in [0.25, 0.3) is 0 Å². The first-order valence-electron chi connectivity index (χ1n) is 8.21. The van der Waals surface area contributed by atoms with Crippen LogP contribution in [0.4, 0.5) is 5.69 Å². The first-order valence-corrected chi connectivity index (χ1v) is 8.21. The van der Waals surface area contributed by atoms with Crippen molar-refractivity contribution in [3.05, 3.63) is 29.8 Å². The highest BCUT2D eigenvalue weighted by Crippen LogP contribution is 2.29. The molecule has 0 saturated heterocycles. The third-order valence-corrected chi connectivity index (χ3v) is 4.57. The molecule has 116 valence electrons. The van der Waals surface area contributed by atoms with Gasteiger partial charge < -0.3 is 10.6 Å². The van der Waals surface area contributed by atoms with Crippen molar-refractivity contribution >= 4 is 11.6 Å². The van der Waals surface area contributed by atoms with Crippen molar-refractivity contribution in [3.63, 3.8) is 0 Å². The van der Waals surface area contributed by atoms with E-state index in [9.17, 15) is 4.79 Å². The molecule has 2 rings (SSSR count). The zero-order chi connectivity index (χ0) is 15.1. The third-order valence-electron chi connectivity index (χ3n) is 4.57. The Kier molecular flexibility index (Phi) is 6.24. The molecule has 0 aromatic heterocycles. The molecule has 2 N–H and O–H groups in total. The molecule has 21 heavy (non-hydrogen) atoms. The fourth-order valence-corrected chi connectivity index (χ4v) is 3.03. The second kappa shape index (κ2) is 8.18. The molecule has 0 atom stereocenters. The molecule has 1 aliphatic carbocycles. The van der Waals surface area contributed by atoms with E-state index < -0.39 is 0 Å². The maximum Gasteiger partial charge on any atom is 0.238 e. The van der Waals surface area contributed by atoms with Crippen molar-refractivity contribution in [3.8, 4) is 0 Å². The van der Waals surface area contributed by atoms with Crippen LogP contribution >= 0.6 is 0 Å². The summed E-state index contributed by atoms with van der Waals surface area (Å²) in [4.78, 5) is 11.9. The standard InChI is InChI=1S/C18H28N2O/c1-14-7-9-16(10-8-14)11-12-19-13-18(21)20-17-6-4-3-5-15(17)2/h3-6,14,16,19H,7-13H2,1-2H3,(H,20,21). The summed E-state index contributed by atoms with van der Waals surface area (Å²) in [5.74, 6) is 1.81. The van der Waals surface area contributed by atoms with Crippen LogP contribution in [0, 0.1) is 18.8 Å². The van der Waals surface area contributed by atoms with Gasteiger partial charge in [0.05, 0.1) is 6.54 Å². The fraction of sp³-hybridized carbons (Fsp3) is 0.611. The van der Waals surface area contributed by atoms with E-state index in [0.717, 1.165) is 29.6 Å². The average molecular weight is 288 g/mol. The van der Waals surface area contributed by atoms with E-state index in [1.54, 1.807) is 0 Å². The largest absolute Gasteiger partial charge is 0.325 e. The Bertz CT molecular complexity index is 450. The zero-order valence-corrected chi connectivity index (χ0v) is 13.3. The molecule has 0 bridgehead atoms. The summed E-state index contributed by atoms with van der Waals surface area (Å²) in [6.07, 6.45) is 6.66. The van der Waals surface area contributed by atoms with Gasteiger partial charge in [-0.25, -0.2) is 0 Å². The number of carbonyl (C=O) groups excluding carboxylic acids is 1. The van der Waals surface area contributed by atoms with Crippen molar-refractivity contribution in [1.82, 2.24) is 5.32 Å². The van der Waals surface area contributed by atoms with Crippen LogP contribution in [0.2, 0.25) is 0 Å². The van der Waals surface area contributed by atoms with Crippen LogP contribution in [0.3, 0.4) is 0 Å². The lowest BCUT2D eigenvalue weighted by molar-refractivity contribution is -0.115. The number of hydrogen-bond acceptors (Lipinski definition) is 2. The summed E-state index contributed by atoms with van der Waals surface area (Å²) >= 11 is 0. The summed E-state index contributed by atoms with van der Waals surface area (Å²) in [6.45, 7) is 5.70. The fourth-order valence-electron chi connectivity index (χ4n) is 3.03. The van der Waals surface area contributed by atoms with E-state index in [-0.39, 0.29) is 5.91 Å². The van der Waals surface area contributed by atoms with Gasteiger partial charge in [-0.3, -0.25) is 4.79 Å². The second-order valence-corrected chi connectivity index (χ2v) is 6.45. The maximum absolute atomic E-state index is 11.9. The van der Waals surface area contributed by atoms with E-state index in [0.29, 0.717) is 6.54 Å². The van der Waals surface area contributed by atoms with Gasteiger partial charge in [-0.1, -0.05) is 50.8 Å². The third kappa shape index (κ3) is 5.50. The van der Waals surface area contributed by atoms with Crippen LogP contribution < -0.4 is 10.6 Å². The molecule has 1 saturated carbocycles. The minimum absolute atomic E-state index is 0.0431. The molecule has 0 heterocycles. The molecule has 3 nitrogen and oxygen atoms in total. The Morgan fingerprint density at radius 2 is 1.90 bits per heavy atom. The number of para-hydroxylation sites is 1. The quantitative estimate of drug-likeness (QED) is 0.783. The predicted molar refractivity (Wildman–Crippen MR) is 88.4 cm³/mol. The van der Waals surface area contributed by atoms with Gasteiger partial charge in [0, 0.05) is 5.69 Å². The number of benzene rings is 1. The van der Waals surface area contributed by atoms with E-state index in [2.05, 4.69) is 17.6 Å². The SMILES string of the molecule is Cc1ccccc1NC(=O)CNCCC1CCC(C)CC1. The first-order chi connectivity index (χ1) is 10.1. The molecular formula is C18H28N2O. The summed E-state index contributed by atoms with van der Waals surface area (Å²) in [6, 6.07) is 7.87. The molecule has 0 aliphatic heterocycles. The topological polar surface area (TPSA) is 41.1 Å². The second-order valence-electron chi connectivity index (χ2n) is 6.45. The van der Waals surface area contributed by atoms with Crippen LogP contribution in [-0.2, 0) is 4.79 Å². The average Bonchev–Trinajstić information content (AvgIpc) is 2.48. The minimum Gasteiger partial charge on any atom is -0.325 e. The van der Waals surface area contributed by atoms with Gasteiger partial charge in [0.2, 0.25) is 5.91 Å². The van der Waals surface area contributed by atoms with E-state index in [1.807, 2.05) is 31.2 Å². The molecule has 1 aromatic rings. The van der Waals surface area contributed by atoms with Gasteiger partial charge in [-0.05, 0) is 43.4 Å². The van der Waals surface area contributed by atoms with E-state index in [4.69, 9.17) is 0 Å². The van der Waals surface area contributed by atoms with Crippen molar-refractivity contribution in [2.75, 3.05) is 18.4 Å². The molecule has 0 spiro atoms. The van der Waals surface area contributed by atoms with Gasteiger partial charge >= 0.3 is 0 Å². The van der Waals surface area contributed by atoms with E-state index >= 15 is 0 Å². The Morgan fingerprint density at radius 3 is 2.62 bits per heavy atom. The van der Waals surface area contributed by atoms with Crippen molar-refractivity contribution < 1.29 is 4.79 Å². The van der Waals surface area contributed by atoms with Gasteiger partial charge in [-0.2, -0.15) is 0 Å². The molecule has 3 heteroatoms. The van der Waals surface area contributed by atoms with Gasteiger partial charge in [0.25, 0.3) is 0 Å². The maximum atomic E-state index is 11.9. The Morgan fingerprint density at radius 1 is 1.19 bits per heavy atom. The van der Waals surface area contributed by atoms with Gasteiger partial charge in [0.1, 0.15) is 0 Å². The van der Waals surface area contributed by atoms with Crippen LogP contribution in [0.15, 0.2) is 24.3 Å². The molecular weight excluding hydrogens is 260 g/mol. The van der Waals surface area contributed by atoms with Crippen molar-refractivity contribution in [2.45, 2.75) is 46.0 Å². The summed E-state index contributed by atoms with van der Waals surface area (Å²) < 4.78 is 0.